The Labute approximate surface area is 128 Å². The molecule has 0 spiro atoms. The Hall–Kier alpha value is -2.09. The average Bonchev–Trinajstić information content (AvgIpc) is 2.83. The fraction of sp³-hybridized carbons (Fsp3) is 0.429. The number of methoxy groups -OCH3 is 1. The van der Waals surface area contributed by atoms with Gasteiger partial charge >= 0.3 is 5.97 Å². The number of para-hydroxylation sites is 1. The number of esters is 1. The van der Waals surface area contributed by atoms with E-state index in [4.69, 9.17) is 4.74 Å². The van der Waals surface area contributed by atoms with E-state index in [2.05, 4.69) is 10.1 Å². The SMILES string of the molecule is COC(=O)COc1ccccc1C(=O)NC1CCS(=O)(=O)C1. The van der Waals surface area contributed by atoms with Gasteiger partial charge in [-0.3, -0.25) is 4.79 Å². The second-order valence-electron chi connectivity index (χ2n) is 4.93. The van der Waals surface area contributed by atoms with E-state index in [1.807, 2.05) is 0 Å². The number of ether oxygens (including phenoxy) is 2. The van der Waals surface area contributed by atoms with Crippen LogP contribution in [-0.2, 0) is 19.4 Å². The smallest absolute Gasteiger partial charge is 0.343 e. The molecule has 7 nitrogen and oxygen atoms in total. The maximum Gasteiger partial charge on any atom is 0.343 e. The molecule has 0 aliphatic carbocycles. The maximum absolute atomic E-state index is 12.2. The highest BCUT2D eigenvalue weighted by Crippen LogP contribution is 2.19. The Morgan fingerprint density at radius 3 is 2.68 bits per heavy atom. The number of hydrogen-bond acceptors (Lipinski definition) is 6. The largest absolute Gasteiger partial charge is 0.481 e. The van der Waals surface area contributed by atoms with E-state index in [0.29, 0.717) is 6.42 Å². The van der Waals surface area contributed by atoms with Crippen molar-refractivity contribution < 1.29 is 27.5 Å². The van der Waals surface area contributed by atoms with E-state index in [0.717, 1.165) is 0 Å². The molecule has 1 aliphatic heterocycles. The molecule has 22 heavy (non-hydrogen) atoms. The predicted octanol–water partition coefficient (Wildman–Crippen LogP) is 0.155. The lowest BCUT2D eigenvalue weighted by molar-refractivity contribution is -0.142. The Kier molecular flexibility index (Phi) is 5.02. The van der Waals surface area contributed by atoms with Crippen molar-refractivity contribution in [3.63, 3.8) is 0 Å². The van der Waals surface area contributed by atoms with Crippen LogP contribution in [0, 0.1) is 0 Å². The first-order chi connectivity index (χ1) is 10.4. The van der Waals surface area contributed by atoms with Gasteiger partial charge in [0.2, 0.25) is 0 Å². The van der Waals surface area contributed by atoms with Gasteiger partial charge in [-0.15, -0.1) is 0 Å². The van der Waals surface area contributed by atoms with Crippen LogP contribution in [0.2, 0.25) is 0 Å². The summed E-state index contributed by atoms with van der Waals surface area (Å²) >= 11 is 0. The summed E-state index contributed by atoms with van der Waals surface area (Å²) in [5, 5.41) is 2.68. The third-order valence-corrected chi connectivity index (χ3v) is 5.04. The molecule has 1 fully saturated rings. The first-order valence-electron chi connectivity index (χ1n) is 6.71. The van der Waals surface area contributed by atoms with Gasteiger partial charge in [0.15, 0.2) is 16.4 Å². The number of nitrogens with one attached hydrogen (secondary N) is 1. The van der Waals surface area contributed by atoms with Crippen LogP contribution in [0.5, 0.6) is 5.75 Å². The molecule has 1 unspecified atom stereocenters. The minimum absolute atomic E-state index is 0.0517. The third-order valence-electron chi connectivity index (χ3n) is 3.27. The second-order valence-corrected chi connectivity index (χ2v) is 7.16. The number of benzene rings is 1. The highest BCUT2D eigenvalue weighted by molar-refractivity contribution is 7.91. The number of carbonyl (C=O) groups excluding carboxylic acids is 2. The van der Waals surface area contributed by atoms with Crippen LogP contribution in [0.25, 0.3) is 0 Å². The van der Waals surface area contributed by atoms with Crippen LogP contribution >= 0.6 is 0 Å². The van der Waals surface area contributed by atoms with Crippen LogP contribution in [0.3, 0.4) is 0 Å². The molecular formula is C14H17NO6S. The van der Waals surface area contributed by atoms with Crippen molar-refractivity contribution in [1.82, 2.24) is 5.32 Å². The Morgan fingerprint density at radius 1 is 1.32 bits per heavy atom. The van der Waals surface area contributed by atoms with Crippen molar-refractivity contribution in [1.29, 1.82) is 0 Å². The van der Waals surface area contributed by atoms with Gasteiger partial charge in [0.25, 0.3) is 5.91 Å². The number of rotatable bonds is 5. The summed E-state index contributed by atoms with van der Waals surface area (Å²) in [4.78, 5) is 23.3. The molecule has 0 radical (unpaired) electrons. The van der Waals surface area contributed by atoms with E-state index in [-0.39, 0.29) is 29.4 Å². The normalized spacial score (nSPS) is 19.4. The predicted molar refractivity (Wildman–Crippen MR) is 78.5 cm³/mol. The molecule has 1 atom stereocenters. The molecule has 0 bridgehead atoms. The van der Waals surface area contributed by atoms with Crippen molar-refractivity contribution in [2.24, 2.45) is 0 Å². The summed E-state index contributed by atoms with van der Waals surface area (Å²) in [5.74, 6) is -0.714. The highest BCUT2D eigenvalue weighted by Gasteiger charge is 2.29. The Morgan fingerprint density at radius 2 is 2.05 bits per heavy atom. The lowest BCUT2D eigenvalue weighted by Crippen LogP contribution is -2.35. The highest BCUT2D eigenvalue weighted by atomic mass is 32.2. The topological polar surface area (TPSA) is 98.8 Å². The summed E-state index contributed by atoms with van der Waals surface area (Å²) in [5.41, 5.74) is 0.246. The van der Waals surface area contributed by atoms with E-state index in [1.54, 1.807) is 24.3 Å². The fourth-order valence-electron chi connectivity index (χ4n) is 2.15. The lowest BCUT2D eigenvalue weighted by atomic mass is 10.1. The molecule has 120 valence electrons. The molecule has 0 aromatic heterocycles. The number of sulfone groups is 1. The Balaban J connectivity index is 2.05. The fourth-order valence-corrected chi connectivity index (χ4v) is 3.82. The summed E-state index contributed by atoms with van der Waals surface area (Å²) in [7, 11) is -1.82. The average molecular weight is 327 g/mol. The molecule has 1 amide bonds. The lowest BCUT2D eigenvalue weighted by Gasteiger charge is -2.14. The second kappa shape index (κ2) is 6.78. The standard InChI is InChI=1S/C14H17NO6S/c1-20-13(16)8-21-12-5-3-2-4-11(12)14(17)15-10-6-7-22(18,19)9-10/h2-5,10H,6-9H2,1H3,(H,15,17). The van der Waals surface area contributed by atoms with Gasteiger partial charge in [-0.1, -0.05) is 12.1 Å². The third kappa shape index (κ3) is 4.20. The maximum atomic E-state index is 12.2. The van der Waals surface area contributed by atoms with Gasteiger partial charge < -0.3 is 14.8 Å². The van der Waals surface area contributed by atoms with Gasteiger partial charge in [-0.2, -0.15) is 0 Å². The van der Waals surface area contributed by atoms with Crippen LogP contribution in [-0.4, -0.2) is 51.6 Å². The minimum Gasteiger partial charge on any atom is -0.481 e. The van der Waals surface area contributed by atoms with Gasteiger partial charge in [0, 0.05) is 6.04 Å². The van der Waals surface area contributed by atoms with Crippen LogP contribution < -0.4 is 10.1 Å². The first-order valence-corrected chi connectivity index (χ1v) is 8.53. The Bertz CT molecular complexity index is 670. The van der Waals surface area contributed by atoms with Crippen LogP contribution in [0.1, 0.15) is 16.8 Å². The van der Waals surface area contributed by atoms with Crippen LogP contribution in [0.15, 0.2) is 24.3 Å². The summed E-state index contributed by atoms with van der Waals surface area (Å²) in [6, 6.07) is 6.04. The van der Waals surface area contributed by atoms with Crippen LogP contribution in [0.4, 0.5) is 0 Å². The number of carbonyl (C=O) groups is 2. The molecule has 8 heteroatoms. The molecular weight excluding hydrogens is 310 g/mol. The molecule has 1 aromatic carbocycles. The zero-order valence-corrected chi connectivity index (χ0v) is 12.9. The monoisotopic (exact) mass is 327 g/mol. The van der Waals surface area contributed by atoms with Crippen molar-refractivity contribution in [3.05, 3.63) is 29.8 Å². The van der Waals surface area contributed by atoms with Crippen molar-refractivity contribution in [2.75, 3.05) is 25.2 Å². The molecule has 1 N–H and O–H groups in total. The van der Waals surface area contributed by atoms with E-state index >= 15 is 0 Å². The number of hydrogen-bond donors (Lipinski definition) is 1. The number of amides is 1. The summed E-state index contributed by atoms with van der Waals surface area (Å²) < 4.78 is 32.6. The van der Waals surface area contributed by atoms with Gasteiger partial charge in [-0.05, 0) is 18.6 Å². The van der Waals surface area contributed by atoms with Gasteiger partial charge in [0.1, 0.15) is 5.75 Å². The quantitative estimate of drug-likeness (QED) is 0.773. The zero-order valence-electron chi connectivity index (χ0n) is 12.1. The van der Waals surface area contributed by atoms with Crippen molar-refractivity contribution >= 4 is 21.7 Å². The van der Waals surface area contributed by atoms with Crippen molar-refractivity contribution in [3.8, 4) is 5.75 Å². The minimum atomic E-state index is -3.07. The molecule has 2 rings (SSSR count). The van der Waals surface area contributed by atoms with E-state index < -0.39 is 27.8 Å². The van der Waals surface area contributed by atoms with Gasteiger partial charge in [0.05, 0.1) is 24.2 Å². The molecule has 1 aliphatic rings. The van der Waals surface area contributed by atoms with E-state index in [1.165, 1.54) is 7.11 Å². The molecule has 1 aromatic rings. The first kappa shape index (κ1) is 16.3. The summed E-state index contributed by atoms with van der Waals surface area (Å²) in [6.45, 7) is -0.307. The summed E-state index contributed by atoms with van der Waals surface area (Å²) in [6.07, 6.45) is 0.402. The van der Waals surface area contributed by atoms with Gasteiger partial charge in [-0.25, -0.2) is 13.2 Å². The van der Waals surface area contributed by atoms with Crippen molar-refractivity contribution in [2.45, 2.75) is 12.5 Å². The zero-order chi connectivity index (χ0) is 16.2. The molecule has 0 saturated carbocycles. The molecule has 1 saturated heterocycles. The van der Waals surface area contributed by atoms with E-state index in [9.17, 15) is 18.0 Å². The molecule has 1 heterocycles.